The van der Waals surface area contributed by atoms with Crippen molar-refractivity contribution in [1.29, 1.82) is 0 Å². The van der Waals surface area contributed by atoms with Crippen LogP contribution < -0.4 is 5.32 Å². The first-order chi connectivity index (χ1) is 10.0. The topological polar surface area (TPSA) is 72.7 Å². The van der Waals surface area contributed by atoms with Gasteiger partial charge in [-0.3, -0.25) is 14.8 Å². The normalized spacial score (nSPS) is 10.8. The van der Waals surface area contributed by atoms with E-state index in [-0.39, 0.29) is 17.0 Å². The highest BCUT2D eigenvalue weighted by atomic mass is 35.5. The molecule has 1 aromatic carbocycles. The lowest BCUT2D eigenvalue weighted by atomic mass is 10.2. The zero-order valence-electron chi connectivity index (χ0n) is 11.5. The summed E-state index contributed by atoms with van der Waals surface area (Å²) in [6.07, 6.45) is 0. The van der Waals surface area contributed by atoms with Gasteiger partial charge in [0.1, 0.15) is 5.15 Å². The number of nitrogens with zero attached hydrogens (tertiary/aromatic N) is 4. The first-order valence-corrected chi connectivity index (χ1v) is 6.66. The first-order valence-electron chi connectivity index (χ1n) is 6.29. The second kappa shape index (κ2) is 5.14. The molecule has 6 nitrogen and oxygen atoms in total. The van der Waals surface area contributed by atoms with Crippen LogP contribution in [-0.2, 0) is 7.05 Å². The molecule has 7 heteroatoms. The summed E-state index contributed by atoms with van der Waals surface area (Å²) in [6.45, 7) is 1.78. The average Bonchev–Trinajstić information content (AvgIpc) is 2.76. The molecule has 0 aliphatic heterocycles. The van der Waals surface area contributed by atoms with Crippen LogP contribution in [0.2, 0.25) is 5.15 Å². The van der Waals surface area contributed by atoms with Gasteiger partial charge < -0.3 is 0 Å². The van der Waals surface area contributed by atoms with Gasteiger partial charge in [-0.05, 0) is 19.1 Å². The highest BCUT2D eigenvalue weighted by Gasteiger charge is 2.17. The summed E-state index contributed by atoms with van der Waals surface area (Å²) in [5.41, 5.74) is 1.89. The number of aryl methyl sites for hydroxylation is 2. The quantitative estimate of drug-likeness (QED) is 0.738. The lowest BCUT2D eigenvalue weighted by Gasteiger charge is -2.03. The Balaban J connectivity index is 1.97. The van der Waals surface area contributed by atoms with Crippen LogP contribution in [0.4, 0.5) is 5.95 Å². The van der Waals surface area contributed by atoms with Crippen LogP contribution in [0.1, 0.15) is 16.2 Å². The van der Waals surface area contributed by atoms with Crippen LogP contribution in [0.15, 0.2) is 30.3 Å². The van der Waals surface area contributed by atoms with E-state index in [9.17, 15) is 4.79 Å². The molecule has 1 N–H and O–H groups in total. The monoisotopic (exact) mass is 301 g/mol. The molecular formula is C14H12ClN5O. The fourth-order valence-corrected chi connectivity index (χ4v) is 2.37. The molecule has 2 aromatic heterocycles. The minimum absolute atomic E-state index is 0.166. The Labute approximate surface area is 125 Å². The van der Waals surface area contributed by atoms with Gasteiger partial charge >= 0.3 is 0 Å². The maximum atomic E-state index is 12.4. The number of halogens is 1. The Bertz CT molecular complexity index is 822. The van der Waals surface area contributed by atoms with Gasteiger partial charge in [-0.25, -0.2) is 9.97 Å². The summed E-state index contributed by atoms with van der Waals surface area (Å²) >= 11 is 5.86. The zero-order valence-corrected chi connectivity index (χ0v) is 12.2. The summed E-state index contributed by atoms with van der Waals surface area (Å²) < 4.78 is 1.66. The van der Waals surface area contributed by atoms with Gasteiger partial charge in [-0.1, -0.05) is 29.8 Å². The van der Waals surface area contributed by atoms with E-state index in [4.69, 9.17) is 11.6 Å². The number of anilines is 1. The van der Waals surface area contributed by atoms with E-state index in [1.807, 2.05) is 24.3 Å². The van der Waals surface area contributed by atoms with E-state index in [1.165, 1.54) is 0 Å². The molecule has 0 fully saturated rings. The number of benzene rings is 1. The summed E-state index contributed by atoms with van der Waals surface area (Å²) in [5, 5.41) is 7.93. The van der Waals surface area contributed by atoms with Crippen molar-refractivity contribution in [3.63, 3.8) is 0 Å². The molecule has 2 heterocycles. The standard InChI is InChI=1S/C14H12ClN5O/c1-8-7-11(15)17-14(16-8)18-13(21)12-9-5-3-4-6-10(9)20(2)19-12/h3-7H,1-2H3,(H,16,17,18,21). The SMILES string of the molecule is Cc1cc(Cl)nc(NC(=O)c2nn(C)c3ccccc23)n1. The van der Waals surface area contributed by atoms with Crippen LogP contribution in [0.25, 0.3) is 10.9 Å². The van der Waals surface area contributed by atoms with Crippen molar-refractivity contribution >= 4 is 34.4 Å². The lowest BCUT2D eigenvalue weighted by Crippen LogP contribution is -2.15. The smallest absolute Gasteiger partial charge is 0.279 e. The minimum Gasteiger partial charge on any atom is -0.289 e. The summed E-state index contributed by atoms with van der Waals surface area (Å²) in [6, 6.07) is 9.13. The molecule has 21 heavy (non-hydrogen) atoms. The van der Waals surface area contributed by atoms with Gasteiger partial charge in [-0.15, -0.1) is 0 Å². The summed E-state index contributed by atoms with van der Waals surface area (Å²) in [4.78, 5) is 20.5. The first kappa shape index (κ1) is 13.5. The number of para-hydroxylation sites is 1. The van der Waals surface area contributed by atoms with Crippen molar-refractivity contribution in [2.75, 3.05) is 5.32 Å². The van der Waals surface area contributed by atoms with E-state index in [1.54, 1.807) is 24.7 Å². The molecule has 0 aliphatic carbocycles. The maximum Gasteiger partial charge on any atom is 0.279 e. The Hall–Kier alpha value is -2.47. The lowest BCUT2D eigenvalue weighted by molar-refractivity contribution is 0.102. The second-order valence-corrected chi connectivity index (χ2v) is 4.99. The van der Waals surface area contributed by atoms with Gasteiger partial charge in [0.2, 0.25) is 5.95 Å². The fourth-order valence-electron chi connectivity index (χ4n) is 2.13. The number of amides is 1. The van der Waals surface area contributed by atoms with E-state index in [0.717, 1.165) is 10.9 Å². The van der Waals surface area contributed by atoms with Gasteiger partial charge in [0, 0.05) is 18.1 Å². The number of rotatable bonds is 2. The van der Waals surface area contributed by atoms with Crippen LogP contribution in [-0.4, -0.2) is 25.7 Å². The number of aromatic nitrogens is 4. The molecule has 0 radical (unpaired) electrons. The average molecular weight is 302 g/mol. The van der Waals surface area contributed by atoms with E-state index in [2.05, 4.69) is 20.4 Å². The van der Waals surface area contributed by atoms with Crippen molar-refractivity contribution in [3.8, 4) is 0 Å². The molecule has 0 saturated carbocycles. The molecule has 0 unspecified atom stereocenters. The third-order valence-electron chi connectivity index (χ3n) is 3.02. The predicted molar refractivity (Wildman–Crippen MR) is 80.4 cm³/mol. The maximum absolute atomic E-state index is 12.4. The number of nitrogens with one attached hydrogen (secondary N) is 1. The molecule has 3 rings (SSSR count). The van der Waals surface area contributed by atoms with Crippen molar-refractivity contribution in [3.05, 3.63) is 46.9 Å². The molecule has 1 amide bonds. The number of carbonyl (C=O) groups is 1. The molecule has 0 spiro atoms. The van der Waals surface area contributed by atoms with Crippen molar-refractivity contribution in [2.24, 2.45) is 7.05 Å². The van der Waals surface area contributed by atoms with Crippen LogP contribution >= 0.6 is 11.6 Å². The van der Waals surface area contributed by atoms with Gasteiger partial charge in [0.25, 0.3) is 5.91 Å². The largest absolute Gasteiger partial charge is 0.289 e. The molecule has 106 valence electrons. The van der Waals surface area contributed by atoms with Crippen LogP contribution in [0.5, 0.6) is 0 Å². The predicted octanol–water partition coefficient (Wildman–Crippen LogP) is 2.58. The second-order valence-electron chi connectivity index (χ2n) is 4.60. The number of hydrogen-bond donors (Lipinski definition) is 1. The third-order valence-corrected chi connectivity index (χ3v) is 3.21. The molecular weight excluding hydrogens is 290 g/mol. The van der Waals surface area contributed by atoms with Gasteiger partial charge in [0.15, 0.2) is 5.69 Å². The molecule has 0 aliphatic rings. The number of carbonyl (C=O) groups excluding carboxylic acids is 1. The molecule has 3 aromatic rings. The minimum atomic E-state index is -0.367. The molecule has 0 saturated heterocycles. The summed E-state index contributed by atoms with van der Waals surface area (Å²) in [5.74, 6) is -0.201. The van der Waals surface area contributed by atoms with Gasteiger partial charge in [0.05, 0.1) is 5.52 Å². The third kappa shape index (κ3) is 2.57. The molecule has 0 bridgehead atoms. The van der Waals surface area contributed by atoms with E-state index >= 15 is 0 Å². The van der Waals surface area contributed by atoms with Crippen molar-refractivity contribution < 1.29 is 4.79 Å². The van der Waals surface area contributed by atoms with Crippen molar-refractivity contribution in [2.45, 2.75) is 6.92 Å². The van der Waals surface area contributed by atoms with Crippen LogP contribution in [0.3, 0.4) is 0 Å². The highest BCUT2D eigenvalue weighted by molar-refractivity contribution is 6.29. The zero-order chi connectivity index (χ0) is 15.0. The Morgan fingerprint density at radius 1 is 1.29 bits per heavy atom. The van der Waals surface area contributed by atoms with Crippen LogP contribution in [0, 0.1) is 6.92 Å². The van der Waals surface area contributed by atoms with Crippen molar-refractivity contribution in [1.82, 2.24) is 19.7 Å². The summed E-state index contributed by atoms with van der Waals surface area (Å²) in [7, 11) is 1.79. The number of hydrogen-bond acceptors (Lipinski definition) is 4. The number of fused-ring (bicyclic) bond motifs is 1. The van der Waals surface area contributed by atoms with E-state index < -0.39 is 0 Å². The molecule has 0 atom stereocenters. The Kier molecular flexibility index (Phi) is 3.31. The highest BCUT2D eigenvalue weighted by Crippen LogP contribution is 2.18. The van der Waals surface area contributed by atoms with E-state index in [0.29, 0.717) is 11.4 Å². The fraction of sp³-hybridized carbons (Fsp3) is 0.143. The van der Waals surface area contributed by atoms with Gasteiger partial charge in [-0.2, -0.15) is 5.10 Å². The Morgan fingerprint density at radius 2 is 2.05 bits per heavy atom. The Morgan fingerprint density at radius 3 is 2.81 bits per heavy atom.